The quantitative estimate of drug-likeness (QED) is 0.419. The van der Waals surface area contributed by atoms with Crippen LogP contribution < -0.4 is 0 Å². The number of halogens is 6. The van der Waals surface area contributed by atoms with E-state index in [-0.39, 0.29) is 5.56 Å². The summed E-state index contributed by atoms with van der Waals surface area (Å²) in [5.41, 5.74) is -2.18. The molecule has 0 radical (unpaired) electrons. The maximum atomic E-state index is 13.4. The van der Waals surface area contributed by atoms with Gasteiger partial charge in [-0.05, 0) is 53.8 Å². The second kappa shape index (κ2) is 7.09. The third-order valence-electron chi connectivity index (χ3n) is 4.56. The normalized spacial score (nSPS) is 17.5. The molecule has 28 heavy (non-hydrogen) atoms. The molecule has 2 nitrogen and oxygen atoms in total. The van der Waals surface area contributed by atoms with Crippen LogP contribution in [0.4, 0.5) is 26.3 Å². The van der Waals surface area contributed by atoms with Gasteiger partial charge in [0.2, 0.25) is 0 Å². The Morgan fingerprint density at radius 3 is 2.36 bits per heavy atom. The molecule has 1 N–H and O–H groups in total. The lowest BCUT2D eigenvalue weighted by atomic mass is 9.98. The molecule has 0 fully saturated rings. The van der Waals surface area contributed by atoms with E-state index in [1.54, 1.807) is 0 Å². The van der Waals surface area contributed by atoms with Crippen molar-refractivity contribution in [1.29, 1.82) is 0 Å². The van der Waals surface area contributed by atoms with Gasteiger partial charge in [0, 0.05) is 5.56 Å². The third-order valence-corrected chi connectivity index (χ3v) is 4.56. The second-order valence-corrected chi connectivity index (χ2v) is 6.47. The first-order chi connectivity index (χ1) is 13.0. The summed E-state index contributed by atoms with van der Waals surface area (Å²) in [6.45, 7) is 0. The molecule has 8 heteroatoms. The Labute approximate surface area is 156 Å². The van der Waals surface area contributed by atoms with Crippen molar-refractivity contribution in [2.75, 3.05) is 0 Å². The zero-order valence-electron chi connectivity index (χ0n) is 14.2. The SMILES string of the molecule is O=C(C=C(c1cccc(C(F)(F)F)c1)C(F)(F)F)c1ccc2c(c1)CCC2O. The van der Waals surface area contributed by atoms with E-state index >= 15 is 0 Å². The molecule has 0 aromatic heterocycles. The van der Waals surface area contributed by atoms with Crippen molar-refractivity contribution in [3.8, 4) is 0 Å². The number of hydrogen-bond donors (Lipinski definition) is 1. The monoisotopic (exact) mass is 400 g/mol. The van der Waals surface area contributed by atoms with Crippen molar-refractivity contribution >= 4 is 11.4 Å². The summed E-state index contributed by atoms with van der Waals surface area (Å²) < 4.78 is 78.8. The fourth-order valence-corrected chi connectivity index (χ4v) is 3.15. The summed E-state index contributed by atoms with van der Waals surface area (Å²) in [5, 5.41) is 9.77. The van der Waals surface area contributed by atoms with Gasteiger partial charge in [0.05, 0.1) is 17.2 Å². The van der Waals surface area contributed by atoms with Crippen molar-refractivity contribution < 1.29 is 36.2 Å². The molecule has 0 amide bonds. The number of carbonyl (C=O) groups is 1. The molecule has 0 bridgehead atoms. The lowest BCUT2D eigenvalue weighted by Crippen LogP contribution is -2.14. The number of aryl methyl sites for hydroxylation is 1. The maximum Gasteiger partial charge on any atom is 0.417 e. The Bertz CT molecular complexity index is 940. The van der Waals surface area contributed by atoms with Crippen LogP contribution in [0, 0.1) is 0 Å². The molecule has 148 valence electrons. The van der Waals surface area contributed by atoms with Gasteiger partial charge in [0.15, 0.2) is 5.78 Å². The van der Waals surface area contributed by atoms with Gasteiger partial charge in [-0.1, -0.05) is 24.3 Å². The molecule has 0 heterocycles. The number of allylic oxidation sites excluding steroid dienone is 2. The van der Waals surface area contributed by atoms with Crippen molar-refractivity contribution in [3.63, 3.8) is 0 Å². The van der Waals surface area contributed by atoms with Crippen LogP contribution in [0.5, 0.6) is 0 Å². The second-order valence-electron chi connectivity index (χ2n) is 6.47. The maximum absolute atomic E-state index is 13.4. The summed E-state index contributed by atoms with van der Waals surface area (Å²) in [6, 6.07) is 6.94. The van der Waals surface area contributed by atoms with Gasteiger partial charge in [-0.15, -0.1) is 0 Å². The lowest BCUT2D eigenvalue weighted by molar-refractivity contribution is -0.137. The van der Waals surface area contributed by atoms with Crippen LogP contribution in [0.1, 0.15) is 45.1 Å². The van der Waals surface area contributed by atoms with E-state index in [0.29, 0.717) is 42.2 Å². The number of aliphatic hydroxyl groups is 1. The topological polar surface area (TPSA) is 37.3 Å². The molecule has 0 aliphatic heterocycles. The number of hydrogen-bond acceptors (Lipinski definition) is 2. The van der Waals surface area contributed by atoms with Gasteiger partial charge in [-0.25, -0.2) is 0 Å². The van der Waals surface area contributed by atoms with Crippen LogP contribution in [0.2, 0.25) is 0 Å². The average Bonchev–Trinajstić information content (AvgIpc) is 2.98. The predicted octanol–water partition coefficient (Wildman–Crippen LogP) is 5.51. The van der Waals surface area contributed by atoms with Crippen LogP contribution in [0.25, 0.3) is 5.57 Å². The van der Waals surface area contributed by atoms with E-state index in [0.717, 1.165) is 12.1 Å². The van der Waals surface area contributed by atoms with Crippen LogP contribution in [-0.2, 0) is 12.6 Å². The van der Waals surface area contributed by atoms with Crippen molar-refractivity contribution in [3.05, 3.63) is 76.4 Å². The molecule has 1 unspecified atom stereocenters. The van der Waals surface area contributed by atoms with Crippen LogP contribution in [0.15, 0.2) is 48.5 Å². The summed E-state index contributed by atoms with van der Waals surface area (Å²) in [4.78, 5) is 12.4. The van der Waals surface area contributed by atoms with Crippen LogP contribution in [-0.4, -0.2) is 17.1 Å². The standard InChI is InChI=1S/C20H14F6O2/c21-19(22,23)14-3-1-2-12(9-14)16(20(24,25)26)10-18(28)13-4-6-15-11(8-13)5-7-17(15)27/h1-4,6,8-10,17,27H,5,7H2. The fourth-order valence-electron chi connectivity index (χ4n) is 3.15. The van der Waals surface area contributed by atoms with Crippen molar-refractivity contribution in [2.45, 2.75) is 31.3 Å². The van der Waals surface area contributed by atoms with Gasteiger partial charge in [0.25, 0.3) is 0 Å². The van der Waals surface area contributed by atoms with E-state index in [4.69, 9.17) is 0 Å². The van der Waals surface area contributed by atoms with E-state index in [1.807, 2.05) is 0 Å². The van der Waals surface area contributed by atoms with E-state index in [9.17, 15) is 36.2 Å². The number of fused-ring (bicyclic) bond motifs is 1. The summed E-state index contributed by atoms with van der Waals surface area (Å²) in [7, 11) is 0. The molecule has 0 spiro atoms. The van der Waals surface area contributed by atoms with Crippen molar-refractivity contribution in [1.82, 2.24) is 0 Å². The number of ketones is 1. The Morgan fingerprint density at radius 1 is 1.00 bits per heavy atom. The third kappa shape index (κ3) is 4.11. The highest BCUT2D eigenvalue weighted by Crippen LogP contribution is 2.38. The van der Waals surface area contributed by atoms with Gasteiger partial charge in [0.1, 0.15) is 0 Å². The Kier molecular flexibility index (Phi) is 5.10. The minimum atomic E-state index is -5.02. The van der Waals surface area contributed by atoms with Gasteiger partial charge in [-0.2, -0.15) is 26.3 Å². The summed E-state index contributed by atoms with van der Waals surface area (Å²) in [6.07, 6.45) is -9.25. The smallest absolute Gasteiger partial charge is 0.388 e. The molecule has 0 saturated heterocycles. The predicted molar refractivity (Wildman–Crippen MR) is 89.5 cm³/mol. The lowest BCUT2D eigenvalue weighted by Gasteiger charge is -2.14. The van der Waals surface area contributed by atoms with Gasteiger partial charge >= 0.3 is 12.4 Å². The van der Waals surface area contributed by atoms with Crippen molar-refractivity contribution in [2.24, 2.45) is 0 Å². The Hall–Kier alpha value is -2.61. The first-order valence-corrected chi connectivity index (χ1v) is 8.28. The highest BCUT2D eigenvalue weighted by molar-refractivity contribution is 6.09. The minimum absolute atomic E-state index is 0.0263. The Morgan fingerprint density at radius 2 is 1.71 bits per heavy atom. The van der Waals surface area contributed by atoms with Gasteiger partial charge in [-0.3, -0.25) is 4.79 Å². The highest BCUT2D eigenvalue weighted by atomic mass is 19.4. The Balaban J connectivity index is 2.01. The molecule has 1 aliphatic carbocycles. The van der Waals surface area contributed by atoms with Crippen LogP contribution >= 0.6 is 0 Å². The van der Waals surface area contributed by atoms with E-state index in [2.05, 4.69) is 0 Å². The molecule has 1 atom stereocenters. The van der Waals surface area contributed by atoms with E-state index in [1.165, 1.54) is 18.2 Å². The first-order valence-electron chi connectivity index (χ1n) is 8.28. The first kappa shape index (κ1) is 20.1. The molecule has 3 rings (SSSR count). The molecule has 1 aliphatic rings. The number of alkyl halides is 6. The largest absolute Gasteiger partial charge is 0.417 e. The summed E-state index contributed by atoms with van der Waals surface area (Å²) >= 11 is 0. The molecular formula is C20H14F6O2. The number of aliphatic hydroxyl groups excluding tert-OH is 1. The number of rotatable bonds is 3. The van der Waals surface area contributed by atoms with Crippen LogP contribution in [0.3, 0.4) is 0 Å². The average molecular weight is 400 g/mol. The number of benzene rings is 2. The molecule has 2 aromatic carbocycles. The van der Waals surface area contributed by atoms with Gasteiger partial charge < -0.3 is 5.11 Å². The minimum Gasteiger partial charge on any atom is -0.388 e. The van der Waals surface area contributed by atoms with E-state index < -0.39 is 40.9 Å². The molecule has 0 saturated carbocycles. The molecule has 2 aromatic rings. The summed E-state index contributed by atoms with van der Waals surface area (Å²) in [5.74, 6) is -0.978. The molecular weight excluding hydrogens is 386 g/mol. The zero-order chi connectivity index (χ0) is 20.7. The fraction of sp³-hybridized carbons (Fsp3) is 0.250. The zero-order valence-corrected chi connectivity index (χ0v) is 14.2. The number of carbonyl (C=O) groups excluding carboxylic acids is 1. The highest BCUT2D eigenvalue weighted by Gasteiger charge is 2.37.